The number of ether oxygens (including phenoxy) is 1. The second kappa shape index (κ2) is 6.57. The maximum atomic E-state index is 13.1. The first-order valence-corrected chi connectivity index (χ1v) is 9.39. The molecule has 138 valence electrons. The number of esters is 1. The molecule has 0 fully saturated rings. The molecule has 5 rings (SSSR count). The fourth-order valence-corrected chi connectivity index (χ4v) is 3.94. The molecule has 1 aliphatic rings. The van der Waals surface area contributed by atoms with Gasteiger partial charge in [-0.15, -0.1) is 0 Å². The highest BCUT2D eigenvalue weighted by molar-refractivity contribution is 5.95. The van der Waals surface area contributed by atoms with Crippen LogP contribution in [0.25, 0.3) is 10.9 Å². The molecular weight excluding hydrogens is 348 g/mol. The number of aromatic nitrogens is 1. The van der Waals surface area contributed by atoms with E-state index in [9.17, 15) is 4.79 Å². The molecule has 1 aliphatic heterocycles. The van der Waals surface area contributed by atoms with E-state index in [2.05, 4.69) is 47.1 Å². The minimum absolute atomic E-state index is 0.253. The monoisotopic (exact) mass is 368 g/mol. The Morgan fingerprint density at radius 3 is 2.64 bits per heavy atom. The van der Waals surface area contributed by atoms with Gasteiger partial charge >= 0.3 is 5.97 Å². The quantitative estimate of drug-likeness (QED) is 0.402. The highest BCUT2D eigenvalue weighted by Crippen LogP contribution is 2.42. The van der Waals surface area contributed by atoms with Crippen LogP contribution in [0.4, 0.5) is 5.69 Å². The van der Waals surface area contributed by atoms with Gasteiger partial charge in [-0.1, -0.05) is 54.1 Å². The van der Waals surface area contributed by atoms with E-state index in [1.54, 1.807) is 0 Å². The number of hydrogen-bond donors (Lipinski definition) is 1. The lowest BCUT2D eigenvalue weighted by atomic mass is 9.99. The van der Waals surface area contributed by atoms with E-state index in [1.807, 2.05) is 48.7 Å². The zero-order valence-corrected chi connectivity index (χ0v) is 15.6. The van der Waals surface area contributed by atoms with Crippen molar-refractivity contribution in [3.8, 4) is 5.75 Å². The van der Waals surface area contributed by atoms with Crippen molar-refractivity contribution in [2.75, 3.05) is 4.90 Å². The third kappa shape index (κ3) is 2.74. The molecule has 2 heterocycles. The lowest BCUT2D eigenvalue weighted by molar-refractivity contribution is -0.136. The fraction of sp³-hybridized carbons (Fsp3) is 0.125. The maximum Gasteiger partial charge on any atom is 0.339 e. The van der Waals surface area contributed by atoms with Crippen molar-refractivity contribution in [2.45, 2.75) is 19.5 Å². The van der Waals surface area contributed by atoms with Gasteiger partial charge < -0.3 is 14.6 Å². The van der Waals surface area contributed by atoms with Crippen LogP contribution in [0.2, 0.25) is 0 Å². The molecular formula is C24H20N2O2. The van der Waals surface area contributed by atoms with E-state index in [0.29, 0.717) is 12.3 Å². The average molecular weight is 368 g/mol. The number of aromatic amines is 1. The van der Waals surface area contributed by atoms with Gasteiger partial charge in [0.15, 0.2) is 11.8 Å². The molecule has 0 bridgehead atoms. The van der Waals surface area contributed by atoms with Gasteiger partial charge in [-0.05, 0) is 36.8 Å². The van der Waals surface area contributed by atoms with Crippen LogP contribution in [0.3, 0.4) is 0 Å². The van der Waals surface area contributed by atoms with Gasteiger partial charge in [-0.3, -0.25) is 0 Å². The lowest BCUT2D eigenvalue weighted by Gasteiger charge is -2.37. The summed E-state index contributed by atoms with van der Waals surface area (Å²) in [5.41, 5.74) is 5.19. The molecule has 3 aromatic carbocycles. The first kappa shape index (κ1) is 16.6. The number of para-hydroxylation sites is 2. The molecule has 0 aliphatic carbocycles. The second-order valence-electron chi connectivity index (χ2n) is 7.20. The van der Waals surface area contributed by atoms with E-state index in [0.717, 1.165) is 33.3 Å². The van der Waals surface area contributed by atoms with Crippen molar-refractivity contribution in [2.24, 2.45) is 0 Å². The first-order valence-electron chi connectivity index (χ1n) is 9.39. The Morgan fingerprint density at radius 1 is 1.00 bits per heavy atom. The zero-order chi connectivity index (χ0) is 19.1. The van der Waals surface area contributed by atoms with Crippen molar-refractivity contribution in [1.82, 2.24) is 4.98 Å². The van der Waals surface area contributed by atoms with Crippen LogP contribution in [-0.4, -0.2) is 11.0 Å². The van der Waals surface area contributed by atoms with E-state index < -0.39 is 6.04 Å². The number of carbonyl (C=O) groups is 1. The number of carbonyl (C=O) groups excluding carboxylic acids is 1. The summed E-state index contributed by atoms with van der Waals surface area (Å²) in [6, 6.07) is 23.7. The van der Waals surface area contributed by atoms with Gasteiger partial charge in [0, 0.05) is 29.2 Å². The summed E-state index contributed by atoms with van der Waals surface area (Å²) in [5.74, 6) is 0.354. The standard InChI is InChI=1S/C24H20N2O2/c1-16-11-12-20-18(13-16)19(14-25-20)23-24(27)28-22-10-6-5-9-21(22)26(23)15-17-7-3-2-4-8-17/h2-14,23,25H,15H2,1H3. The second-order valence-corrected chi connectivity index (χ2v) is 7.20. The SMILES string of the molecule is Cc1ccc2[nH]cc(C3C(=O)Oc4ccccc4N3Cc3ccccc3)c2c1. The Balaban J connectivity index is 1.67. The zero-order valence-electron chi connectivity index (χ0n) is 15.6. The minimum atomic E-state index is -0.509. The molecule has 0 amide bonds. The van der Waals surface area contributed by atoms with Crippen molar-refractivity contribution in [1.29, 1.82) is 0 Å². The lowest BCUT2D eigenvalue weighted by Crippen LogP contribution is -2.40. The van der Waals surface area contributed by atoms with Crippen molar-refractivity contribution < 1.29 is 9.53 Å². The van der Waals surface area contributed by atoms with Gasteiger partial charge in [-0.25, -0.2) is 4.79 Å². The van der Waals surface area contributed by atoms with Gasteiger partial charge in [0.2, 0.25) is 0 Å². The van der Waals surface area contributed by atoms with Crippen LogP contribution in [0.5, 0.6) is 5.75 Å². The van der Waals surface area contributed by atoms with E-state index in [4.69, 9.17) is 4.74 Å². The summed E-state index contributed by atoms with van der Waals surface area (Å²) in [6.45, 7) is 2.68. The van der Waals surface area contributed by atoms with Crippen LogP contribution in [0.1, 0.15) is 22.7 Å². The molecule has 1 aromatic heterocycles. The van der Waals surface area contributed by atoms with Crippen LogP contribution in [0, 0.1) is 6.92 Å². The normalized spacial score (nSPS) is 16.1. The molecule has 0 spiro atoms. The molecule has 4 nitrogen and oxygen atoms in total. The molecule has 4 heteroatoms. The van der Waals surface area contributed by atoms with E-state index >= 15 is 0 Å². The summed E-state index contributed by atoms with van der Waals surface area (Å²) < 4.78 is 5.72. The van der Waals surface area contributed by atoms with E-state index in [-0.39, 0.29) is 5.97 Å². The van der Waals surface area contributed by atoms with Crippen molar-refractivity contribution in [3.63, 3.8) is 0 Å². The Kier molecular flexibility index (Phi) is 3.90. The molecule has 0 saturated heterocycles. The van der Waals surface area contributed by atoms with Gasteiger partial charge in [0.1, 0.15) is 0 Å². The number of nitrogens with one attached hydrogen (secondary N) is 1. The molecule has 1 atom stereocenters. The van der Waals surface area contributed by atoms with Gasteiger partial charge in [0.05, 0.1) is 5.69 Å². The van der Waals surface area contributed by atoms with Crippen molar-refractivity contribution in [3.05, 3.63) is 95.7 Å². The van der Waals surface area contributed by atoms with E-state index in [1.165, 1.54) is 0 Å². The van der Waals surface area contributed by atoms with Crippen LogP contribution in [0.15, 0.2) is 79.0 Å². The largest absolute Gasteiger partial charge is 0.423 e. The van der Waals surface area contributed by atoms with Crippen LogP contribution < -0.4 is 9.64 Å². The topological polar surface area (TPSA) is 45.3 Å². The summed E-state index contributed by atoms with van der Waals surface area (Å²) >= 11 is 0. The predicted octanol–water partition coefficient (Wildman–Crippen LogP) is 5.14. The maximum absolute atomic E-state index is 13.1. The molecule has 4 aromatic rings. The third-order valence-corrected chi connectivity index (χ3v) is 5.28. The fourth-order valence-electron chi connectivity index (χ4n) is 3.94. The Morgan fingerprint density at radius 2 is 1.79 bits per heavy atom. The number of anilines is 1. The molecule has 1 unspecified atom stereocenters. The summed E-state index contributed by atoms with van der Waals surface area (Å²) in [7, 11) is 0. The highest BCUT2D eigenvalue weighted by Gasteiger charge is 2.37. The predicted molar refractivity (Wildman–Crippen MR) is 110 cm³/mol. The smallest absolute Gasteiger partial charge is 0.339 e. The number of aryl methyl sites for hydroxylation is 1. The number of fused-ring (bicyclic) bond motifs is 2. The number of benzene rings is 3. The Bertz CT molecular complexity index is 1160. The Hall–Kier alpha value is -3.53. The average Bonchev–Trinajstić information content (AvgIpc) is 3.11. The molecule has 28 heavy (non-hydrogen) atoms. The van der Waals surface area contributed by atoms with Crippen LogP contribution >= 0.6 is 0 Å². The molecule has 1 N–H and O–H groups in total. The highest BCUT2D eigenvalue weighted by atomic mass is 16.5. The molecule has 0 saturated carbocycles. The number of rotatable bonds is 3. The number of hydrogen-bond acceptors (Lipinski definition) is 3. The van der Waals surface area contributed by atoms with Gasteiger partial charge in [0.25, 0.3) is 0 Å². The van der Waals surface area contributed by atoms with Crippen LogP contribution in [-0.2, 0) is 11.3 Å². The molecule has 0 radical (unpaired) electrons. The summed E-state index contributed by atoms with van der Waals surface area (Å²) in [6.07, 6.45) is 1.93. The summed E-state index contributed by atoms with van der Waals surface area (Å²) in [4.78, 5) is 18.6. The Labute approximate surface area is 163 Å². The van der Waals surface area contributed by atoms with Crippen molar-refractivity contribution >= 4 is 22.6 Å². The minimum Gasteiger partial charge on any atom is -0.423 e. The van der Waals surface area contributed by atoms with Gasteiger partial charge in [-0.2, -0.15) is 0 Å². The number of nitrogens with zero attached hydrogens (tertiary/aromatic N) is 1. The first-order chi connectivity index (χ1) is 13.7. The summed E-state index contributed by atoms with van der Waals surface area (Å²) in [5, 5.41) is 1.05. The third-order valence-electron chi connectivity index (χ3n) is 5.28. The number of H-pyrrole nitrogens is 1.